The Labute approximate surface area is 109 Å². The van der Waals surface area contributed by atoms with Gasteiger partial charge in [-0.3, -0.25) is 9.59 Å². The van der Waals surface area contributed by atoms with Crippen molar-refractivity contribution in [3.8, 4) is 5.75 Å². The number of nitrogens with zero attached hydrogens (tertiary/aromatic N) is 2. The van der Waals surface area contributed by atoms with Gasteiger partial charge in [0.05, 0.1) is 13.3 Å². The molecular weight excluding hydrogens is 246 g/mol. The highest BCUT2D eigenvalue weighted by Crippen LogP contribution is 2.07. The first-order valence-electron chi connectivity index (χ1n) is 5.59. The number of rotatable bonds is 3. The first-order chi connectivity index (χ1) is 9.11. The Morgan fingerprint density at radius 3 is 2.84 bits per heavy atom. The Hall–Kier alpha value is -2.63. The Morgan fingerprint density at radius 1 is 1.42 bits per heavy atom. The van der Waals surface area contributed by atoms with Gasteiger partial charge >= 0.3 is 0 Å². The molecule has 0 atom stereocenters. The van der Waals surface area contributed by atoms with E-state index in [1.165, 1.54) is 23.9 Å². The summed E-state index contributed by atoms with van der Waals surface area (Å²) in [4.78, 5) is 27.7. The van der Waals surface area contributed by atoms with Crippen LogP contribution in [0.2, 0.25) is 0 Å². The number of hydrogen-bond acceptors (Lipinski definition) is 4. The van der Waals surface area contributed by atoms with Crippen molar-refractivity contribution in [1.29, 1.82) is 0 Å². The van der Waals surface area contributed by atoms with E-state index in [1.807, 2.05) is 0 Å². The number of amides is 1. The Kier molecular flexibility index (Phi) is 3.61. The molecule has 0 bridgehead atoms. The second-order valence-corrected chi connectivity index (χ2v) is 3.87. The van der Waals surface area contributed by atoms with Crippen LogP contribution in [0, 0.1) is 0 Å². The number of anilines is 1. The van der Waals surface area contributed by atoms with Gasteiger partial charge in [0, 0.05) is 19.3 Å². The van der Waals surface area contributed by atoms with E-state index in [4.69, 9.17) is 4.74 Å². The summed E-state index contributed by atoms with van der Waals surface area (Å²) in [6.07, 6.45) is 3.04. The van der Waals surface area contributed by atoms with Gasteiger partial charge in [0.2, 0.25) is 5.43 Å². The number of nitrogens with one attached hydrogen (secondary N) is 1. The van der Waals surface area contributed by atoms with E-state index < -0.39 is 5.91 Å². The molecule has 0 aliphatic carbocycles. The van der Waals surface area contributed by atoms with Gasteiger partial charge in [-0.1, -0.05) is 6.07 Å². The molecule has 2 aromatic rings. The van der Waals surface area contributed by atoms with Crippen LogP contribution in [0.5, 0.6) is 5.75 Å². The maximum atomic E-state index is 12.0. The summed E-state index contributed by atoms with van der Waals surface area (Å²) in [5, 5.41) is 2.61. The van der Waals surface area contributed by atoms with E-state index in [2.05, 4.69) is 10.3 Å². The first-order valence-corrected chi connectivity index (χ1v) is 5.59. The average Bonchev–Trinajstić information content (AvgIpc) is 2.42. The zero-order chi connectivity index (χ0) is 13.8. The summed E-state index contributed by atoms with van der Waals surface area (Å²) in [7, 11) is 3.07. The fourth-order valence-electron chi connectivity index (χ4n) is 1.60. The molecule has 0 aromatic carbocycles. The molecule has 0 spiro atoms. The molecule has 6 nitrogen and oxygen atoms in total. The summed E-state index contributed by atoms with van der Waals surface area (Å²) in [6.45, 7) is 0. The quantitative estimate of drug-likeness (QED) is 0.893. The number of hydrogen-bond donors (Lipinski definition) is 1. The lowest BCUT2D eigenvalue weighted by Gasteiger charge is -2.10. The Morgan fingerprint density at radius 2 is 2.21 bits per heavy atom. The Bertz CT molecular complexity index is 650. The molecule has 6 heteroatoms. The molecule has 0 saturated carbocycles. The molecule has 1 amide bonds. The number of methoxy groups -OCH3 is 1. The SMILES string of the molecule is COc1cn(C)c(C(=O)Nc2ccccn2)cc1=O. The maximum absolute atomic E-state index is 12.0. The maximum Gasteiger partial charge on any atom is 0.273 e. The minimum Gasteiger partial charge on any atom is -0.491 e. The van der Waals surface area contributed by atoms with Crippen LogP contribution in [0.25, 0.3) is 0 Å². The molecule has 2 aromatic heterocycles. The van der Waals surface area contributed by atoms with Crippen molar-refractivity contribution in [3.63, 3.8) is 0 Å². The van der Waals surface area contributed by atoms with Crippen molar-refractivity contribution in [2.75, 3.05) is 12.4 Å². The van der Waals surface area contributed by atoms with Gasteiger partial charge in [0.15, 0.2) is 5.75 Å². The van der Waals surface area contributed by atoms with E-state index in [0.717, 1.165) is 0 Å². The first kappa shape index (κ1) is 12.8. The summed E-state index contributed by atoms with van der Waals surface area (Å²) in [5.41, 5.74) is -0.108. The summed E-state index contributed by atoms with van der Waals surface area (Å²) >= 11 is 0. The molecule has 19 heavy (non-hydrogen) atoms. The van der Waals surface area contributed by atoms with Crippen molar-refractivity contribution in [3.05, 3.63) is 52.6 Å². The smallest absolute Gasteiger partial charge is 0.273 e. The third kappa shape index (κ3) is 2.79. The van der Waals surface area contributed by atoms with E-state index >= 15 is 0 Å². The van der Waals surface area contributed by atoms with Crippen LogP contribution in [0.4, 0.5) is 5.82 Å². The number of carbonyl (C=O) groups is 1. The Balaban J connectivity index is 2.30. The van der Waals surface area contributed by atoms with Gasteiger partial charge in [-0.15, -0.1) is 0 Å². The third-order valence-corrected chi connectivity index (χ3v) is 2.56. The zero-order valence-corrected chi connectivity index (χ0v) is 10.6. The van der Waals surface area contributed by atoms with Crippen LogP contribution in [-0.4, -0.2) is 22.6 Å². The van der Waals surface area contributed by atoms with Gasteiger partial charge in [0.1, 0.15) is 11.5 Å². The van der Waals surface area contributed by atoms with Crippen molar-refractivity contribution in [1.82, 2.24) is 9.55 Å². The fourth-order valence-corrected chi connectivity index (χ4v) is 1.60. The topological polar surface area (TPSA) is 73.2 Å². The summed E-state index contributed by atoms with van der Waals surface area (Å²) in [6, 6.07) is 6.41. The minimum absolute atomic E-state index is 0.192. The zero-order valence-electron chi connectivity index (χ0n) is 10.6. The van der Waals surface area contributed by atoms with Crippen LogP contribution in [0.15, 0.2) is 41.5 Å². The molecule has 0 fully saturated rings. The predicted octanol–water partition coefficient (Wildman–Crippen LogP) is 1.04. The summed E-state index contributed by atoms with van der Waals surface area (Å²) in [5.74, 6) is 0.216. The monoisotopic (exact) mass is 259 g/mol. The minimum atomic E-state index is -0.402. The normalized spacial score (nSPS) is 10.0. The molecule has 0 radical (unpaired) electrons. The van der Waals surface area contributed by atoms with Crippen LogP contribution in [0.1, 0.15) is 10.5 Å². The molecule has 0 saturated heterocycles. The van der Waals surface area contributed by atoms with E-state index in [1.54, 1.807) is 31.4 Å². The van der Waals surface area contributed by atoms with Gasteiger partial charge < -0.3 is 14.6 Å². The number of ether oxygens (including phenoxy) is 1. The van der Waals surface area contributed by atoms with Gasteiger partial charge in [-0.25, -0.2) is 4.98 Å². The molecule has 0 aliphatic heterocycles. The largest absolute Gasteiger partial charge is 0.491 e. The number of pyridine rings is 2. The molecule has 2 heterocycles. The highest BCUT2D eigenvalue weighted by atomic mass is 16.5. The average molecular weight is 259 g/mol. The number of aryl methyl sites for hydroxylation is 1. The predicted molar refractivity (Wildman–Crippen MR) is 70.4 cm³/mol. The van der Waals surface area contributed by atoms with E-state index in [9.17, 15) is 9.59 Å². The molecule has 1 N–H and O–H groups in total. The van der Waals surface area contributed by atoms with Crippen LogP contribution >= 0.6 is 0 Å². The molecule has 0 unspecified atom stereocenters. The van der Waals surface area contributed by atoms with Crippen molar-refractivity contribution in [2.24, 2.45) is 7.05 Å². The van der Waals surface area contributed by atoms with Crippen LogP contribution < -0.4 is 15.5 Å². The standard InChI is InChI=1S/C13H13N3O3/c1-16-8-11(19-2)10(17)7-9(16)13(18)15-12-5-3-4-6-14-12/h3-8H,1-2H3,(H,14,15,18). The van der Waals surface area contributed by atoms with Gasteiger partial charge in [0.25, 0.3) is 5.91 Å². The fraction of sp³-hybridized carbons (Fsp3) is 0.154. The number of carbonyl (C=O) groups excluding carboxylic acids is 1. The second-order valence-electron chi connectivity index (χ2n) is 3.87. The highest BCUT2D eigenvalue weighted by Gasteiger charge is 2.12. The molecule has 98 valence electrons. The molecule has 2 rings (SSSR count). The van der Waals surface area contributed by atoms with Crippen molar-refractivity contribution < 1.29 is 9.53 Å². The summed E-state index contributed by atoms with van der Waals surface area (Å²) < 4.78 is 6.43. The van der Waals surface area contributed by atoms with Gasteiger partial charge in [-0.05, 0) is 12.1 Å². The van der Waals surface area contributed by atoms with Crippen LogP contribution in [0.3, 0.4) is 0 Å². The van der Waals surface area contributed by atoms with E-state index in [0.29, 0.717) is 5.82 Å². The highest BCUT2D eigenvalue weighted by molar-refractivity contribution is 6.02. The second kappa shape index (κ2) is 5.34. The lowest BCUT2D eigenvalue weighted by molar-refractivity contribution is 0.101. The number of aromatic nitrogens is 2. The lowest BCUT2D eigenvalue weighted by Crippen LogP contribution is -2.21. The third-order valence-electron chi connectivity index (χ3n) is 2.56. The molecular formula is C13H13N3O3. The van der Waals surface area contributed by atoms with Gasteiger partial charge in [-0.2, -0.15) is 0 Å². The molecule has 0 aliphatic rings. The van der Waals surface area contributed by atoms with Crippen molar-refractivity contribution in [2.45, 2.75) is 0 Å². The lowest BCUT2D eigenvalue weighted by atomic mass is 10.3. The van der Waals surface area contributed by atoms with E-state index in [-0.39, 0.29) is 16.9 Å². The van der Waals surface area contributed by atoms with Crippen molar-refractivity contribution >= 4 is 11.7 Å². The van der Waals surface area contributed by atoms with Crippen LogP contribution in [-0.2, 0) is 7.05 Å².